The number of aromatic nitrogens is 4. The molecule has 0 aliphatic carbocycles. The van der Waals surface area contributed by atoms with Crippen LogP contribution in [-0.4, -0.2) is 111 Å². The quantitative estimate of drug-likeness (QED) is 0.304. The molecule has 2 saturated heterocycles. The van der Waals surface area contributed by atoms with Crippen LogP contribution in [0.25, 0.3) is 16.2 Å². The van der Waals surface area contributed by atoms with Gasteiger partial charge >= 0.3 is 0 Å². The van der Waals surface area contributed by atoms with Crippen molar-refractivity contribution in [2.24, 2.45) is 0 Å². The van der Waals surface area contributed by atoms with E-state index in [9.17, 15) is 24.7 Å². The zero-order chi connectivity index (χ0) is 29.5. The van der Waals surface area contributed by atoms with Crippen LogP contribution in [0.5, 0.6) is 0 Å². The predicted molar refractivity (Wildman–Crippen MR) is 158 cm³/mol. The third kappa shape index (κ3) is 5.20. The molecule has 0 unspecified atom stereocenters. The van der Waals surface area contributed by atoms with E-state index >= 15 is 0 Å². The summed E-state index contributed by atoms with van der Waals surface area (Å²) in [5.41, 5.74) is 2.00. The average molecular weight is 612 g/mol. The smallest absolute Gasteiger partial charge is 0.236 e. The molecule has 0 radical (unpaired) electrons. The molecule has 12 nitrogen and oxygen atoms in total. The summed E-state index contributed by atoms with van der Waals surface area (Å²) in [6.45, 7) is 4.59. The standard InChI is InChI=1S/C27H30FN9O3S2/c1-3-20-24(33(2)25-31-23(21(10-29)41-25)16-4-6-17(28)7-5-16)37-26(30-20)42-27(32-37)35-9-8-34(18(11-35)15-38)14-22(40)36-12-19(39)13-36/h4-7,18-19,38-39H,3,8-9,11-15H2,1-2H3/t18-/m0/s1. The van der Waals surface area contributed by atoms with Gasteiger partial charge in [0.05, 0.1) is 31.0 Å². The van der Waals surface area contributed by atoms with Gasteiger partial charge in [-0.1, -0.05) is 29.6 Å². The Morgan fingerprint density at radius 2 is 1.95 bits per heavy atom. The van der Waals surface area contributed by atoms with E-state index < -0.39 is 6.10 Å². The van der Waals surface area contributed by atoms with Gasteiger partial charge in [0.25, 0.3) is 0 Å². The van der Waals surface area contributed by atoms with Gasteiger partial charge in [-0.05, 0) is 30.7 Å². The largest absolute Gasteiger partial charge is 0.395 e. The molecule has 6 rings (SSSR count). The number of nitriles is 1. The third-order valence-corrected chi connectivity index (χ3v) is 9.66. The lowest BCUT2D eigenvalue weighted by atomic mass is 10.1. The Balaban J connectivity index is 1.24. The molecule has 0 saturated carbocycles. The summed E-state index contributed by atoms with van der Waals surface area (Å²) in [6, 6.07) is 7.91. The number of aliphatic hydroxyl groups is 2. The first-order valence-electron chi connectivity index (χ1n) is 13.6. The lowest BCUT2D eigenvalue weighted by Crippen LogP contribution is -2.60. The van der Waals surface area contributed by atoms with E-state index in [0.717, 1.165) is 16.6 Å². The highest BCUT2D eigenvalue weighted by atomic mass is 32.1. The maximum absolute atomic E-state index is 13.5. The van der Waals surface area contributed by atoms with Crippen LogP contribution in [0.15, 0.2) is 24.3 Å². The number of piperazine rings is 1. The number of benzene rings is 1. The van der Waals surface area contributed by atoms with Gasteiger partial charge in [0, 0.05) is 45.3 Å². The lowest BCUT2D eigenvalue weighted by Gasteiger charge is -2.42. The van der Waals surface area contributed by atoms with Crippen LogP contribution >= 0.6 is 22.7 Å². The highest BCUT2D eigenvalue weighted by Gasteiger charge is 2.34. The number of carbonyl (C=O) groups is 1. The molecule has 2 aliphatic rings. The SMILES string of the molecule is CCc1nc2sc(N3CCN(CC(=O)N4CC(O)C4)[C@H](CO)C3)nn2c1N(C)c1nc(-c2ccc(F)cc2)c(C#N)s1. The fourth-order valence-corrected chi connectivity index (χ4v) is 7.07. The Hall–Kier alpha value is -3.68. The monoisotopic (exact) mass is 611 g/mol. The van der Waals surface area contributed by atoms with Crippen LogP contribution in [0.2, 0.25) is 0 Å². The summed E-state index contributed by atoms with van der Waals surface area (Å²) in [5.74, 6) is 0.355. The van der Waals surface area contributed by atoms with E-state index in [1.165, 1.54) is 34.8 Å². The summed E-state index contributed by atoms with van der Waals surface area (Å²) >= 11 is 2.70. The number of halogens is 1. The van der Waals surface area contributed by atoms with Crippen molar-refractivity contribution in [3.8, 4) is 17.3 Å². The average Bonchev–Trinajstić information content (AvgIpc) is 3.68. The van der Waals surface area contributed by atoms with Crippen LogP contribution in [0.3, 0.4) is 0 Å². The molecule has 4 aromatic rings. The van der Waals surface area contributed by atoms with Crippen molar-refractivity contribution in [2.45, 2.75) is 25.5 Å². The number of nitrogens with zero attached hydrogens (tertiary/aromatic N) is 9. The van der Waals surface area contributed by atoms with Gasteiger partial charge in [-0.3, -0.25) is 9.69 Å². The minimum atomic E-state index is -0.443. The van der Waals surface area contributed by atoms with Gasteiger partial charge in [0.1, 0.15) is 22.5 Å². The van der Waals surface area contributed by atoms with E-state index in [4.69, 9.17) is 15.1 Å². The van der Waals surface area contributed by atoms with E-state index in [0.29, 0.717) is 65.4 Å². The van der Waals surface area contributed by atoms with Gasteiger partial charge in [0.2, 0.25) is 16.0 Å². The molecular weight excluding hydrogens is 581 g/mol. The molecular formula is C27H30FN9O3S2. The van der Waals surface area contributed by atoms with Crippen molar-refractivity contribution < 1.29 is 19.4 Å². The fourth-order valence-electron chi connectivity index (χ4n) is 5.27. The van der Waals surface area contributed by atoms with Crippen LogP contribution in [-0.2, 0) is 11.2 Å². The Kier molecular flexibility index (Phi) is 7.81. The predicted octanol–water partition coefficient (Wildman–Crippen LogP) is 1.94. The van der Waals surface area contributed by atoms with Crippen molar-refractivity contribution in [3.63, 3.8) is 0 Å². The maximum atomic E-state index is 13.5. The normalized spacial score (nSPS) is 18.0. The number of rotatable bonds is 8. The Labute approximate surface area is 249 Å². The number of β-amino-alcohol motifs (C(OH)–C–C–N with tert-alkyl or cyclic N) is 1. The molecule has 1 atom stereocenters. The van der Waals surface area contributed by atoms with E-state index in [-0.39, 0.29) is 30.9 Å². The van der Waals surface area contributed by atoms with E-state index in [2.05, 4.69) is 11.0 Å². The van der Waals surface area contributed by atoms with Gasteiger partial charge in [-0.2, -0.15) is 9.78 Å². The Bertz CT molecular complexity index is 1640. The molecule has 42 heavy (non-hydrogen) atoms. The number of likely N-dealkylation sites (tertiary alicyclic amines) is 1. The van der Waals surface area contributed by atoms with Crippen LogP contribution in [0.4, 0.5) is 20.5 Å². The van der Waals surface area contributed by atoms with Crippen molar-refractivity contribution in [1.82, 2.24) is 29.4 Å². The molecule has 15 heteroatoms. The number of amides is 1. The van der Waals surface area contributed by atoms with Crippen LogP contribution in [0, 0.1) is 17.1 Å². The summed E-state index contributed by atoms with van der Waals surface area (Å²) < 4.78 is 15.3. The molecule has 1 aromatic carbocycles. The van der Waals surface area contributed by atoms with Crippen molar-refractivity contribution in [3.05, 3.63) is 40.7 Å². The Morgan fingerprint density at radius 3 is 2.62 bits per heavy atom. The van der Waals surface area contributed by atoms with Crippen LogP contribution in [0.1, 0.15) is 17.5 Å². The fraction of sp³-hybridized carbons (Fsp3) is 0.444. The second kappa shape index (κ2) is 11.5. The van der Waals surface area contributed by atoms with Gasteiger partial charge in [0.15, 0.2) is 10.9 Å². The summed E-state index contributed by atoms with van der Waals surface area (Å²) in [6.07, 6.45) is 0.223. The summed E-state index contributed by atoms with van der Waals surface area (Å²) in [4.78, 5) is 30.9. The molecule has 0 spiro atoms. The minimum Gasteiger partial charge on any atom is -0.395 e. The summed E-state index contributed by atoms with van der Waals surface area (Å²) in [7, 11) is 1.87. The first-order chi connectivity index (χ1) is 20.3. The molecule has 5 heterocycles. The van der Waals surface area contributed by atoms with Crippen molar-refractivity contribution in [2.75, 3.05) is 62.7 Å². The summed E-state index contributed by atoms with van der Waals surface area (Å²) in [5, 5.41) is 35.7. The number of aliphatic hydroxyl groups excluding tert-OH is 2. The van der Waals surface area contributed by atoms with Gasteiger partial charge < -0.3 is 24.9 Å². The Morgan fingerprint density at radius 1 is 1.19 bits per heavy atom. The lowest BCUT2D eigenvalue weighted by molar-refractivity contribution is -0.143. The highest BCUT2D eigenvalue weighted by Crippen LogP contribution is 2.38. The molecule has 2 N–H and O–H groups in total. The maximum Gasteiger partial charge on any atom is 0.236 e. The van der Waals surface area contributed by atoms with Crippen molar-refractivity contribution >= 4 is 49.6 Å². The zero-order valence-electron chi connectivity index (χ0n) is 23.1. The number of thiazole rings is 1. The van der Waals surface area contributed by atoms with E-state index in [1.807, 2.05) is 23.8 Å². The zero-order valence-corrected chi connectivity index (χ0v) is 24.8. The molecule has 1 amide bonds. The molecule has 0 bridgehead atoms. The number of fused-ring (bicyclic) bond motifs is 1. The van der Waals surface area contributed by atoms with Crippen molar-refractivity contribution in [1.29, 1.82) is 5.26 Å². The first-order valence-corrected chi connectivity index (χ1v) is 15.3. The number of aryl methyl sites for hydroxylation is 1. The molecule has 3 aromatic heterocycles. The third-order valence-electron chi connectivity index (χ3n) is 7.65. The van der Waals surface area contributed by atoms with Crippen LogP contribution < -0.4 is 9.80 Å². The van der Waals surface area contributed by atoms with Gasteiger partial charge in [-0.25, -0.2) is 14.4 Å². The number of hydrogen-bond acceptors (Lipinski definition) is 12. The minimum absolute atomic E-state index is 0.0379. The second-order valence-electron chi connectivity index (χ2n) is 10.4. The highest BCUT2D eigenvalue weighted by molar-refractivity contribution is 7.20. The topological polar surface area (TPSA) is 137 Å². The molecule has 220 valence electrons. The first kappa shape index (κ1) is 28.4. The number of anilines is 3. The van der Waals surface area contributed by atoms with Gasteiger partial charge in [-0.15, -0.1) is 5.10 Å². The number of hydrogen-bond donors (Lipinski definition) is 2. The second-order valence-corrected chi connectivity index (χ2v) is 12.3. The van der Waals surface area contributed by atoms with E-state index in [1.54, 1.807) is 21.5 Å². The molecule has 2 fully saturated rings. The molecule has 2 aliphatic heterocycles. The number of imidazole rings is 1. The number of carbonyl (C=O) groups excluding carboxylic acids is 1.